The van der Waals surface area contributed by atoms with Crippen LogP contribution in [0.3, 0.4) is 0 Å². The topological polar surface area (TPSA) is 96.0 Å². The molecule has 3 N–H and O–H groups in total. The molecule has 7 nitrogen and oxygen atoms in total. The molecule has 0 radical (unpaired) electrons. The van der Waals surface area contributed by atoms with E-state index in [-0.39, 0.29) is 11.6 Å². The number of hydrogen-bond acceptors (Lipinski definition) is 5. The summed E-state index contributed by atoms with van der Waals surface area (Å²) in [6, 6.07) is 7.99. The Kier molecular flexibility index (Phi) is 7.47. The molecule has 1 aromatic carbocycles. The number of hydrogen-bond donors (Lipinski definition) is 3. The lowest BCUT2D eigenvalue weighted by molar-refractivity contribution is -0.114. The Morgan fingerprint density at radius 1 is 1.03 bits per heavy atom. The summed E-state index contributed by atoms with van der Waals surface area (Å²) in [4.78, 5) is 33.9. The molecule has 3 aromatic rings. The zero-order valence-electron chi connectivity index (χ0n) is 18.4. The van der Waals surface area contributed by atoms with Gasteiger partial charge >= 0.3 is 6.03 Å². The van der Waals surface area contributed by atoms with E-state index in [0.717, 1.165) is 28.2 Å². The Bertz CT molecular complexity index is 1130. The first-order valence-electron chi connectivity index (χ1n) is 9.83. The van der Waals surface area contributed by atoms with Gasteiger partial charge < -0.3 is 10.6 Å². The molecule has 2 heterocycles. The summed E-state index contributed by atoms with van der Waals surface area (Å²) in [5.74, 6) is -0.136. The zero-order valence-corrected chi connectivity index (χ0v) is 20.0. The minimum absolute atomic E-state index is 0.145. The van der Waals surface area contributed by atoms with Gasteiger partial charge in [0.15, 0.2) is 5.13 Å². The molecular formula is C22H26FN5O2S2. The van der Waals surface area contributed by atoms with Gasteiger partial charge in [-0.15, -0.1) is 11.3 Å². The maximum absolute atomic E-state index is 14.1. The fraction of sp³-hybridized carbons (Fsp3) is 0.273. The van der Waals surface area contributed by atoms with Crippen LogP contribution in [-0.2, 0) is 17.6 Å². The van der Waals surface area contributed by atoms with E-state index >= 15 is 0 Å². The van der Waals surface area contributed by atoms with Gasteiger partial charge in [-0.2, -0.15) is 0 Å². The highest BCUT2D eigenvalue weighted by molar-refractivity contribution is 8.32. The van der Waals surface area contributed by atoms with Crippen molar-refractivity contribution in [2.45, 2.75) is 24.7 Å². The van der Waals surface area contributed by atoms with Crippen molar-refractivity contribution in [3.05, 3.63) is 59.0 Å². The Labute approximate surface area is 192 Å². The van der Waals surface area contributed by atoms with E-state index < -0.39 is 21.9 Å². The molecule has 0 saturated carbocycles. The zero-order chi connectivity index (χ0) is 23.3. The van der Waals surface area contributed by atoms with Crippen LogP contribution in [0.5, 0.6) is 0 Å². The van der Waals surface area contributed by atoms with Crippen LogP contribution in [0.15, 0.2) is 47.6 Å². The van der Waals surface area contributed by atoms with Gasteiger partial charge in [0.25, 0.3) is 0 Å². The van der Waals surface area contributed by atoms with Gasteiger partial charge in [-0.1, -0.05) is 0 Å². The minimum atomic E-state index is -1.04. The van der Waals surface area contributed by atoms with Crippen LogP contribution in [0.1, 0.15) is 17.4 Å². The predicted molar refractivity (Wildman–Crippen MR) is 131 cm³/mol. The maximum Gasteiger partial charge on any atom is 0.325 e. The molecule has 32 heavy (non-hydrogen) atoms. The number of aromatic nitrogens is 2. The van der Waals surface area contributed by atoms with Crippen LogP contribution in [-0.4, -0.2) is 40.7 Å². The smallest absolute Gasteiger partial charge is 0.311 e. The molecule has 2 aromatic heterocycles. The quantitative estimate of drug-likeness (QED) is 0.442. The number of rotatable bonds is 7. The fourth-order valence-electron chi connectivity index (χ4n) is 2.86. The van der Waals surface area contributed by atoms with Crippen LogP contribution in [0, 0.1) is 5.82 Å². The van der Waals surface area contributed by atoms with E-state index in [0.29, 0.717) is 10.9 Å². The van der Waals surface area contributed by atoms with Crippen molar-refractivity contribution in [3.8, 4) is 0 Å². The number of carbonyl (C=O) groups is 2. The van der Waals surface area contributed by atoms with E-state index in [1.165, 1.54) is 24.3 Å². The van der Waals surface area contributed by atoms with E-state index in [1.54, 1.807) is 24.5 Å². The summed E-state index contributed by atoms with van der Waals surface area (Å²) in [7, 11) is -1.04. The van der Waals surface area contributed by atoms with Gasteiger partial charge in [0, 0.05) is 24.2 Å². The monoisotopic (exact) mass is 475 g/mol. The molecule has 0 aliphatic rings. The first-order valence-corrected chi connectivity index (χ1v) is 13.5. The van der Waals surface area contributed by atoms with Crippen molar-refractivity contribution in [1.82, 2.24) is 9.97 Å². The highest BCUT2D eigenvalue weighted by atomic mass is 32.3. The third-order valence-electron chi connectivity index (χ3n) is 4.46. The van der Waals surface area contributed by atoms with Gasteiger partial charge in [-0.05, 0) is 72.4 Å². The summed E-state index contributed by atoms with van der Waals surface area (Å²) in [6.07, 6.45) is 11.1. The van der Waals surface area contributed by atoms with Gasteiger partial charge in [-0.25, -0.2) is 29.2 Å². The molecule has 0 spiro atoms. The SMILES string of the molecule is CC(=O)Nc1cc(CCc2cnc(NC(=O)Nc3cc(S(C)(C)C)ccc3F)s2)ccn1. The van der Waals surface area contributed by atoms with E-state index in [9.17, 15) is 14.0 Å². The van der Waals surface area contributed by atoms with E-state index in [2.05, 4.69) is 44.7 Å². The van der Waals surface area contributed by atoms with E-state index in [1.807, 2.05) is 12.1 Å². The Hall–Kier alpha value is -2.98. The molecule has 10 heteroatoms. The minimum Gasteiger partial charge on any atom is -0.311 e. The Morgan fingerprint density at radius 2 is 1.81 bits per heavy atom. The number of halogens is 1. The Balaban J connectivity index is 1.57. The van der Waals surface area contributed by atoms with Crippen molar-refractivity contribution >= 4 is 49.9 Å². The molecule has 0 saturated heterocycles. The number of urea groups is 1. The molecular weight excluding hydrogens is 449 g/mol. The van der Waals surface area contributed by atoms with Crippen LogP contribution in [0.4, 0.5) is 25.8 Å². The lowest BCUT2D eigenvalue weighted by atomic mass is 10.1. The molecule has 3 amide bonds. The highest BCUT2D eigenvalue weighted by Gasteiger charge is 2.14. The van der Waals surface area contributed by atoms with Gasteiger partial charge in [0.2, 0.25) is 5.91 Å². The lowest BCUT2D eigenvalue weighted by Gasteiger charge is -2.26. The number of pyridine rings is 1. The number of benzene rings is 1. The largest absolute Gasteiger partial charge is 0.325 e. The average molecular weight is 476 g/mol. The first kappa shape index (κ1) is 23.7. The Morgan fingerprint density at radius 3 is 2.53 bits per heavy atom. The normalized spacial score (nSPS) is 11.7. The highest BCUT2D eigenvalue weighted by Crippen LogP contribution is 2.46. The molecule has 0 bridgehead atoms. The van der Waals surface area contributed by atoms with E-state index in [4.69, 9.17) is 0 Å². The van der Waals surface area contributed by atoms with Gasteiger partial charge in [0.1, 0.15) is 11.6 Å². The van der Waals surface area contributed by atoms with Gasteiger partial charge in [0.05, 0.1) is 5.69 Å². The van der Waals surface area contributed by atoms with Crippen LogP contribution >= 0.6 is 21.4 Å². The van der Waals surface area contributed by atoms with Crippen molar-refractivity contribution in [3.63, 3.8) is 0 Å². The molecule has 0 fully saturated rings. The number of nitrogens with zero attached hydrogens (tertiary/aromatic N) is 2. The molecule has 0 unspecified atom stereocenters. The number of amides is 3. The molecule has 3 rings (SSSR count). The van der Waals surface area contributed by atoms with Crippen molar-refractivity contribution in [2.24, 2.45) is 0 Å². The second kappa shape index (κ2) is 10.1. The number of anilines is 3. The molecule has 0 atom stereocenters. The first-order chi connectivity index (χ1) is 15.1. The van der Waals surface area contributed by atoms with Crippen molar-refractivity contribution in [1.29, 1.82) is 0 Å². The summed E-state index contributed by atoms with van der Waals surface area (Å²) < 4.78 is 14.1. The molecule has 170 valence electrons. The summed E-state index contributed by atoms with van der Waals surface area (Å²) >= 11 is 1.36. The number of nitrogens with one attached hydrogen (secondary N) is 3. The predicted octanol–water partition coefficient (Wildman–Crippen LogP) is 5.12. The second-order valence-corrected chi connectivity index (χ2v) is 13.2. The summed E-state index contributed by atoms with van der Waals surface area (Å²) in [6.45, 7) is 1.44. The standard InChI is InChI=1S/C22H26FN5O2S2/c1-14(29)26-20-11-15(9-10-24-20)5-6-16-13-25-22(31-16)28-21(30)27-19-12-17(32(2,3)4)7-8-18(19)23/h7-13H,5-6H2,1-4H3,(H,24,26,29)(H2,25,27,28,30). The van der Waals surface area contributed by atoms with Crippen LogP contribution in [0.25, 0.3) is 0 Å². The van der Waals surface area contributed by atoms with Crippen LogP contribution in [0.2, 0.25) is 0 Å². The lowest BCUT2D eigenvalue weighted by Crippen LogP contribution is -2.20. The summed E-state index contributed by atoms with van der Waals surface area (Å²) in [5.41, 5.74) is 1.17. The molecule has 0 aliphatic heterocycles. The summed E-state index contributed by atoms with van der Waals surface area (Å²) in [5, 5.41) is 8.34. The molecule has 0 aliphatic carbocycles. The number of carbonyl (C=O) groups excluding carboxylic acids is 2. The third-order valence-corrected chi connectivity index (χ3v) is 7.10. The van der Waals surface area contributed by atoms with Crippen molar-refractivity contribution < 1.29 is 14.0 Å². The third kappa shape index (κ3) is 6.76. The van der Waals surface area contributed by atoms with Crippen LogP contribution < -0.4 is 16.0 Å². The average Bonchev–Trinajstić information content (AvgIpc) is 3.14. The number of aryl methyl sites for hydroxylation is 2. The second-order valence-electron chi connectivity index (χ2n) is 7.92. The van der Waals surface area contributed by atoms with Crippen molar-refractivity contribution in [2.75, 3.05) is 34.7 Å². The number of thiazole rings is 1. The maximum atomic E-state index is 14.1. The van der Waals surface area contributed by atoms with Gasteiger partial charge in [-0.3, -0.25) is 10.1 Å². The fourth-order valence-corrected chi connectivity index (χ4v) is 4.61.